The summed E-state index contributed by atoms with van der Waals surface area (Å²) in [5, 5.41) is 13.8. The smallest absolute Gasteiger partial charge is 0.0991 e. The first-order valence-electron chi connectivity index (χ1n) is 6.54. The van der Waals surface area contributed by atoms with E-state index in [9.17, 15) is 0 Å². The van der Waals surface area contributed by atoms with Gasteiger partial charge in [0, 0.05) is 18.1 Å². The van der Waals surface area contributed by atoms with Gasteiger partial charge in [-0.15, -0.1) is 0 Å². The number of fused-ring (bicyclic) bond motifs is 1. The van der Waals surface area contributed by atoms with E-state index in [1.807, 2.05) is 48.5 Å². The summed E-state index contributed by atoms with van der Waals surface area (Å²) in [6.45, 7) is 0.666. The number of rotatable bonds is 3. The molecule has 0 atom stereocenters. The van der Waals surface area contributed by atoms with Crippen molar-refractivity contribution in [2.75, 3.05) is 5.32 Å². The minimum absolute atomic E-state index is 0.664. The third-order valence-electron chi connectivity index (χ3n) is 3.28. The van der Waals surface area contributed by atoms with E-state index in [0.29, 0.717) is 17.1 Å². The molecule has 3 rings (SSSR count). The zero-order valence-electron chi connectivity index (χ0n) is 11.2. The van der Waals surface area contributed by atoms with Gasteiger partial charge in [-0.3, -0.25) is 4.98 Å². The van der Waals surface area contributed by atoms with E-state index in [-0.39, 0.29) is 0 Å². The number of nitriles is 1. The molecule has 0 aliphatic rings. The summed E-state index contributed by atoms with van der Waals surface area (Å²) < 4.78 is 0. The Kier molecular flexibility index (Phi) is 3.72. The lowest BCUT2D eigenvalue weighted by atomic mass is 10.1. The van der Waals surface area contributed by atoms with Gasteiger partial charge in [-0.2, -0.15) is 5.26 Å². The molecule has 4 heteroatoms. The number of nitrogens with one attached hydrogen (secondary N) is 1. The van der Waals surface area contributed by atoms with Crippen LogP contribution in [0.15, 0.2) is 54.7 Å². The Morgan fingerprint density at radius 3 is 2.67 bits per heavy atom. The van der Waals surface area contributed by atoms with Crippen molar-refractivity contribution in [3.8, 4) is 6.07 Å². The quantitative estimate of drug-likeness (QED) is 0.780. The average Bonchev–Trinajstić information content (AvgIpc) is 2.55. The molecule has 2 aromatic carbocycles. The number of halogens is 1. The first-order chi connectivity index (χ1) is 10.3. The van der Waals surface area contributed by atoms with Crippen molar-refractivity contribution in [1.29, 1.82) is 5.26 Å². The number of benzene rings is 2. The Balaban J connectivity index is 1.85. The molecule has 0 amide bonds. The number of hydrogen-bond acceptors (Lipinski definition) is 3. The molecule has 0 saturated heterocycles. The zero-order valence-corrected chi connectivity index (χ0v) is 11.9. The van der Waals surface area contributed by atoms with Crippen molar-refractivity contribution in [2.24, 2.45) is 0 Å². The van der Waals surface area contributed by atoms with E-state index in [1.165, 1.54) is 0 Å². The van der Waals surface area contributed by atoms with Crippen LogP contribution in [0.2, 0.25) is 5.02 Å². The summed E-state index contributed by atoms with van der Waals surface area (Å²) in [5.41, 5.74) is 3.57. The Labute approximate surface area is 127 Å². The SMILES string of the molecule is N#Cc1ccc(CNc2ccc(Cl)c3cccnc23)cc1. The van der Waals surface area contributed by atoms with Crippen molar-refractivity contribution in [3.63, 3.8) is 0 Å². The first kappa shape index (κ1) is 13.4. The lowest BCUT2D eigenvalue weighted by molar-refractivity contribution is 1.15. The van der Waals surface area contributed by atoms with Gasteiger partial charge in [-0.05, 0) is 42.0 Å². The maximum absolute atomic E-state index is 8.79. The Hall–Kier alpha value is -2.57. The van der Waals surface area contributed by atoms with Gasteiger partial charge in [0.15, 0.2) is 0 Å². The molecule has 0 bridgehead atoms. The van der Waals surface area contributed by atoms with Crippen LogP contribution in [-0.4, -0.2) is 4.98 Å². The van der Waals surface area contributed by atoms with E-state index in [0.717, 1.165) is 22.2 Å². The van der Waals surface area contributed by atoms with Crippen LogP contribution in [-0.2, 0) is 6.54 Å². The number of pyridine rings is 1. The molecule has 1 N–H and O–H groups in total. The van der Waals surface area contributed by atoms with Crippen molar-refractivity contribution in [3.05, 3.63) is 70.9 Å². The van der Waals surface area contributed by atoms with Crippen molar-refractivity contribution < 1.29 is 0 Å². The van der Waals surface area contributed by atoms with Crippen LogP contribution in [0.3, 0.4) is 0 Å². The van der Waals surface area contributed by atoms with Gasteiger partial charge < -0.3 is 5.32 Å². The van der Waals surface area contributed by atoms with Gasteiger partial charge >= 0.3 is 0 Å². The molecule has 3 nitrogen and oxygen atoms in total. The first-order valence-corrected chi connectivity index (χ1v) is 6.92. The van der Waals surface area contributed by atoms with Crippen LogP contribution in [0.4, 0.5) is 5.69 Å². The molecule has 0 fully saturated rings. The third kappa shape index (κ3) is 2.81. The highest BCUT2D eigenvalue weighted by Crippen LogP contribution is 2.28. The van der Waals surface area contributed by atoms with E-state index >= 15 is 0 Å². The number of aromatic nitrogens is 1. The maximum Gasteiger partial charge on any atom is 0.0991 e. The number of hydrogen-bond donors (Lipinski definition) is 1. The number of anilines is 1. The van der Waals surface area contributed by atoms with E-state index in [2.05, 4.69) is 16.4 Å². The third-order valence-corrected chi connectivity index (χ3v) is 3.61. The van der Waals surface area contributed by atoms with Crippen molar-refractivity contribution in [1.82, 2.24) is 4.98 Å². The van der Waals surface area contributed by atoms with E-state index in [1.54, 1.807) is 6.20 Å². The van der Waals surface area contributed by atoms with Gasteiger partial charge in [0.25, 0.3) is 0 Å². The summed E-state index contributed by atoms with van der Waals surface area (Å²) in [6, 6.07) is 17.3. The molecule has 1 aromatic heterocycles. The Morgan fingerprint density at radius 2 is 1.90 bits per heavy atom. The van der Waals surface area contributed by atoms with Crippen LogP contribution in [0.5, 0.6) is 0 Å². The molecule has 0 unspecified atom stereocenters. The second-order valence-corrected chi connectivity index (χ2v) is 5.06. The molecule has 0 spiro atoms. The molecule has 21 heavy (non-hydrogen) atoms. The normalized spacial score (nSPS) is 10.3. The Bertz CT molecular complexity index is 820. The minimum atomic E-state index is 0.664. The highest BCUT2D eigenvalue weighted by Gasteiger charge is 2.05. The fourth-order valence-corrected chi connectivity index (χ4v) is 2.39. The predicted molar refractivity (Wildman–Crippen MR) is 85.2 cm³/mol. The lowest BCUT2D eigenvalue weighted by Gasteiger charge is -2.10. The largest absolute Gasteiger partial charge is 0.379 e. The molecular weight excluding hydrogens is 282 g/mol. The second-order valence-electron chi connectivity index (χ2n) is 4.66. The molecule has 1 heterocycles. The van der Waals surface area contributed by atoms with Gasteiger partial charge in [0.05, 0.1) is 27.9 Å². The molecule has 3 aromatic rings. The fourth-order valence-electron chi connectivity index (χ4n) is 2.17. The molecule has 102 valence electrons. The monoisotopic (exact) mass is 293 g/mol. The number of nitrogens with zero attached hydrogens (tertiary/aromatic N) is 2. The van der Waals surface area contributed by atoms with Crippen molar-refractivity contribution >= 4 is 28.2 Å². The zero-order chi connectivity index (χ0) is 14.7. The van der Waals surface area contributed by atoms with Gasteiger partial charge in [-0.25, -0.2) is 0 Å². The van der Waals surface area contributed by atoms with Gasteiger partial charge in [0.1, 0.15) is 0 Å². The highest BCUT2D eigenvalue weighted by molar-refractivity contribution is 6.35. The van der Waals surface area contributed by atoms with Gasteiger partial charge in [0.2, 0.25) is 0 Å². The van der Waals surface area contributed by atoms with E-state index in [4.69, 9.17) is 16.9 Å². The van der Waals surface area contributed by atoms with Gasteiger partial charge in [-0.1, -0.05) is 23.7 Å². The minimum Gasteiger partial charge on any atom is -0.379 e. The molecule has 0 aliphatic heterocycles. The van der Waals surface area contributed by atoms with Crippen LogP contribution in [0.25, 0.3) is 10.9 Å². The lowest BCUT2D eigenvalue weighted by Crippen LogP contribution is -2.00. The van der Waals surface area contributed by atoms with Crippen LogP contribution < -0.4 is 5.32 Å². The Morgan fingerprint density at radius 1 is 1.10 bits per heavy atom. The summed E-state index contributed by atoms with van der Waals surface area (Å²) in [6.07, 6.45) is 1.76. The summed E-state index contributed by atoms with van der Waals surface area (Å²) >= 11 is 6.18. The van der Waals surface area contributed by atoms with Crippen LogP contribution in [0, 0.1) is 11.3 Å². The topological polar surface area (TPSA) is 48.7 Å². The summed E-state index contributed by atoms with van der Waals surface area (Å²) in [4.78, 5) is 4.39. The predicted octanol–water partition coefficient (Wildman–Crippen LogP) is 4.37. The standard InChI is InChI=1S/C17H12ClN3/c18-15-7-8-16(17-14(15)2-1-9-20-17)21-11-13-5-3-12(10-19)4-6-13/h1-9,21H,11H2. The molecular formula is C17H12ClN3. The second kappa shape index (κ2) is 5.82. The fraction of sp³-hybridized carbons (Fsp3) is 0.0588. The van der Waals surface area contributed by atoms with Crippen LogP contribution in [0.1, 0.15) is 11.1 Å². The van der Waals surface area contributed by atoms with Crippen molar-refractivity contribution in [2.45, 2.75) is 6.54 Å². The van der Waals surface area contributed by atoms with E-state index < -0.39 is 0 Å². The summed E-state index contributed by atoms with van der Waals surface area (Å²) in [7, 11) is 0. The average molecular weight is 294 g/mol. The molecule has 0 aliphatic carbocycles. The molecule has 0 radical (unpaired) electrons. The molecule has 0 saturated carbocycles. The summed E-state index contributed by atoms with van der Waals surface area (Å²) in [5.74, 6) is 0. The maximum atomic E-state index is 8.79. The highest BCUT2D eigenvalue weighted by atomic mass is 35.5. The van der Waals surface area contributed by atoms with Crippen LogP contribution >= 0.6 is 11.6 Å².